The Kier molecular flexibility index (Phi) is 5.42. The minimum Gasteiger partial charge on any atom is -0.469 e. The Morgan fingerprint density at radius 2 is 1.95 bits per heavy atom. The molecule has 1 aliphatic rings. The summed E-state index contributed by atoms with van der Waals surface area (Å²) in [5, 5.41) is 3.38. The molecule has 5 nitrogen and oxygen atoms in total. The molecule has 0 saturated carbocycles. The molecule has 0 aromatic carbocycles. The number of carbonyl (C=O) groups excluding carboxylic acids is 1. The number of nitrogens with zero attached hydrogens (tertiary/aromatic N) is 2. The van der Waals surface area contributed by atoms with E-state index in [0.29, 0.717) is 11.8 Å². The van der Waals surface area contributed by atoms with Crippen LogP contribution in [0.3, 0.4) is 0 Å². The van der Waals surface area contributed by atoms with Crippen LogP contribution in [0.25, 0.3) is 0 Å². The molecule has 0 atom stereocenters. The monoisotopic (exact) mass is 283 g/mol. The number of ether oxygens (including phenoxy) is 1. The molecule has 0 radical (unpaired) electrons. The van der Waals surface area contributed by atoms with Gasteiger partial charge in [-0.3, -0.25) is 9.79 Å². The summed E-state index contributed by atoms with van der Waals surface area (Å²) in [4.78, 5) is 17.7. The maximum atomic E-state index is 11.0. The van der Waals surface area contributed by atoms with Gasteiger partial charge in [-0.25, -0.2) is 0 Å². The lowest BCUT2D eigenvalue weighted by atomic mass is 9.65. The number of carbonyl (C=O) groups is 1. The molecule has 1 N–H and O–H groups in total. The van der Waals surface area contributed by atoms with E-state index in [1.807, 2.05) is 7.05 Å². The van der Waals surface area contributed by atoms with E-state index in [2.05, 4.69) is 47.6 Å². The molecule has 1 aliphatic heterocycles. The van der Waals surface area contributed by atoms with Crippen molar-refractivity contribution in [2.75, 3.05) is 27.2 Å². The second-order valence-corrected chi connectivity index (χ2v) is 6.54. The van der Waals surface area contributed by atoms with E-state index in [1.54, 1.807) is 0 Å². The summed E-state index contributed by atoms with van der Waals surface area (Å²) >= 11 is 0. The summed E-state index contributed by atoms with van der Waals surface area (Å²) in [6.45, 7) is 10.9. The fraction of sp³-hybridized carbons (Fsp3) is 0.867. The summed E-state index contributed by atoms with van der Waals surface area (Å²) in [6.07, 6.45) is 2.26. The van der Waals surface area contributed by atoms with Crippen molar-refractivity contribution < 1.29 is 9.53 Å². The summed E-state index contributed by atoms with van der Waals surface area (Å²) in [7, 11) is 3.24. The highest BCUT2D eigenvalue weighted by molar-refractivity contribution is 5.82. The van der Waals surface area contributed by atoms with Crippen molar-refractivity contribution in [1.82, 2.24) is 10.2 Å². The summed E-state index contributed by atoms with van der Waals surface area (Å²) in [5.41, 5.74) is 0.413. The minimum absolute atomic E-state index is 0.112. The summed E-state index contributed by atoms with van der Waals surface area (Å²) < 4.78 is 4.62. The topological polar surface area (TPSA) is 53.9 Å². The third-order valence-electron chi connectivity index (χ3n) is 4.67. The van der Waals surface area contributed by atoms with Crippen molar-refractivity contribution in [1.29, 1.82) is 0 Å². The van der Waals surface area contributed by atoms with Crippen molar-refractivity contribution in [3.63, 3.8) is 0 Å². The number of likely N-dealkylation sites (tertiary alicyclic amines) is 1. The molecule has 0 aromatic rings. The predicted octanol–water partition coefficient (Wildman–Crippen LogP) is 2.03. The fourth-order valence-corrected chi connectivity index (χ4v) is 2.39. The Balaban J connectivity index is 2.34. The van der Waals surface area contributed by atoms with Crippen molar-refractivity contribution >= 4 is 11.9 Å². The van der Waals surface area contributed by atoms with E-state index in [9.17, 15) is 4.79 Å². The molecule has 0 aromatic heterocycles. The minimum atomic E-state index is -0.139. The van der Waals surface area contributed by atoms with E-state index in [-0.39, 0.29) is 11.5 Å². The summed E-state index contributed by atoms with van der Waals surface area (Å²) in [5.74, 6) is 0.812. The molecule has 0 spiro atoms. The Hall–Kier alpha value is -1.26. The molecular weight excluding hydrogens is 254 g/mol. The van der Waals surface area contributed by atoms with Crippen LogP contribution in [0.1, 0.15) is 47.0 Å². The van der Waals surface area contributed by atoms with Gasteiger partial charge >= 0.3 is 5.97 Å². The van der Waals surface area contributed by atoms with Gasteiger partial charge in [0.15, 0.2) is 5.96 Å². The Labute approximate surface area is 122 Å². The van der Waals surface area contributed by atoms with Crippen LogP contribution in [0.5, 0.6) is 0 Å². The first-order valence-corrected chi connectivity index (χ1v) is 7.31. The summed E-state index contributed by atoms with van der Waals surface area (Å²) in [6, 6.07) is 0. The number of aliphatic imine (C=N–C) groups is 1. The largest absolute Gasteiger partial charge is 0.469 e. The van der Waals surface area contributed by atoms with E-state index in [1.165, 1.54) is 7.11 Å². The molecule has 0 unspecified atom stereocenters. The molecular formula is C15H29N3O2. The van der Waals surface area contributed by atoms with Gasteiger partial charge in [-0.2, -0.15) is 0 Å². The number of rotatable bonds is 5. The van der Waals surface area contributed by atoms with E-state index >= 15 is 0 Å². The number of hydrogen-bond acceptors (Lipinski definition) is 3. The normalized spacial score (nSPS) is 20.3. The lowest BCUT2D eigenvalue weighted by molar-refractivity contribution is -0.140. The van der Waals surface area contributed by atoms with Gasteiger partial charge in [-0.05, 0) is 26.7 Å². The van der Waals surface area contributed by atoms with Gasteiger partial charge in [-0.15, -0.1) is 0 Å². The zero-order valence-electron chi connectivity index (χ0n) is 13.7. The number of methoxy groups -OCH3 is 1. The number of guanidine groups is 1. The van der Waals surface area contributed by atoms with Crippen molar-refractivity contribution in [3.05, 3.63) is 0 Å². The average Bonchev–Trinajstić information content (AvgIpc) is 2.40. The Morgan fingerprint density at radius 3 is 2.40 bits per heavy atom. The van der Waals surface area contributed by atoms with Crippen LogP contribution in [-0.2, 0) is 9.53 Å². The van der Waals surface area contributed by atoms with Crippen LogP contribution in [0, 0.1) is 5.41 Å². The van der Waals surface area contributed by atoms with Crippen LogP contribution < -0.4 is 5.32 Å². The number of unbranched alkanes of at least 4 members (excludes halogenated alkanes) is 1. The number of nitrogens with one attached hydrogen (secondary N) is 1. The maximum Gasteiger partial charge on any atom is 0.305 e. The van der Waals surface area contributed by atoms with Gasteiger partial charge < -0.3 is 15.0 Å². The first kappa shape index (κ1) is 16.8. The highest BCUT2D eigenvalue weighted by atomic mass is 16.5. The number of esters is 1. The first-order valence-electron chi connectivity index (χ1n) is 7.31. The van der Waals surface area contributed by atoms with Gasteiger partial charge in [0.2, 0.25) is 0 Å². The molecule has 20 heavy (non-hydrogen) atoms. The van der Waals surface area contributed by atoms with Crippen molar-refractivity contribution in [2.24, 2.45) is 10.4 Å². The van der Waals surface area contributed by atoms with Gasteiger partial charge in [0.05, 0.1) is 7.11 Å². The second-order valence-electron chi connectivity index (χ2n) is 6.54. The zero-order valence-corrected chi connectivity index (χ0v) is 13.7. The smallest absolute Gasteiger partial charge is 0.305 e. The van der Waals surface area contributed by atoms with Crippen LogP contribution in [0.4, 0.5) is 0 Å². The van der Waals surface area contributed by atoms with Crippen LogP contribution in [0.2, 0.25) is 0 Å². The molecule has 1 saturated heterocycles. The van der Waals surface area contributed by atoms with Crippen LogP contribution >= 0.6 is 0 Å². The average molecular weight is 283 g/mol. The number of hydrogen-bond donors (Lipinski definition) is 1. The lowest BCUT2D eigenvalue weighted by Crippen LogP contribution is -2.72. The first-order chi connectivity index (χ1) is 9.26. The zero-order chi connectivity index (χ0) is 15.4. The molecule has 116 valence electrons. The maximum absolute atomic E-state index is 11.0. The van der Waals surface area contributed by atoms with Gasteiger partial charge in [0.1, 0.15) is 0 Å². The van der Waals surface area contributed by atoms with Gasteiger partial charge in [0.25, 0.3) is 0 Å². The molecule has 1 fully saturated rings. The van der Waals surface area contributed by atoms with Crippen LogP contribution in [0.15, 0.2) is 4.99 Å². The molecule has 5 heteroatoms. The van der Waals surface area contributed by atoms with Crippen molar-refractivity contribution in [3.8, 4) is 0 Å². The third-order valence-corrected chi connectivity index (χ3v) is 4.67. The standard InChI is InChI=1S/C15H29N3O2/c1-14(2)11-18(15(14,3)4)13(16-5)17-10-8-7-9-12(19)20-6/h7-11H2,1-6H3,(H,16,17). The highest BCUT2D eigenvalue weighted by Crippen LogP contribution is 2.46. The molecule has 1 rings (SSSR count). The molecule has 1 heterocycles. The van der Waals surface area contributed by atoms with Crippen LogP contribution in [-0.4, -0.2) is 49.6 Å². The van der Waals surface area contributed by atoms with E-state index in [0.717, 1.165) is 31.9 Å². The van der Waals surface area contributed by atoms with Crippen molar-refractivity contribution in [2.45, 2.75) is 52.5 Å². The highest BCUT2D eigenvalue weighted by Gasteiger charge is 2.53. The van der Waals surface area contributed by atoms with E-state index < -0.39 is 0 Å². The lowest BCUT2D eigenvalue weighted by Gasteiger charge is -2.62. The van der Waals surface area contributed by atoms with Gasteiger partial charge in [-0.1, -0.05) is 13.8 Å². The fourth-order valence-electron chi connectivity index (χ4n) is 2.39. The quantitative estimate of drug-likeness (QED) is 0.363. The molecule has 0 amide bonds. The molecule has 0 aliphatic carbocycles. The Morgan fingerprint density at radius 1 is 1.30 bits per heavy atom. The molecule has 0 bridgehead atoms. The predicted molar refractivity (Wildman–Crippen MR) is 81.8 cm³/mol. The second kappa shape index (κ2) is 6.46. The Bertz CT molecular complexity index is 375. The SMILES string of the molecule is CN=C(NCCCCC(=O)OC)N1CC(C)(C)C1(C)C. The third kappa shape index (κ3) is 3.44. The van der Waals surface area contributed by atoms with E-state index in [4.69, 9.17) is 0 Å². The van der Waals surface area contributed by atoms with Gasteiger partial charge in [0, 0.05) is 37.5 Å².